The Balaban J connectivity index is 2.43. The standard InChI is InChI=1S/C12H13F3N2OS/c13-12(14,15)6-1-7-17-11(18)9-4-2-8(3-5-9)10(16)19/h2-5H,1,6-7H2,(H2,16,19)(H,17,18). The summed E-state index contributed by atoms with van der Waals surface area (Å²) in [4.78, 5) is 11.8. The van der Waals surface area contributed by atoms with Gasteiger partial charge in [0.25, 0.3) is 5.91 Å². The SMILES string of the molecule is NC(=S)c1ccc(C(=O)NCCCC(F)(F)F)cc1. The number of hydrogen-bond donors (Lipinski definition) is 2. The first kappa shape index (κ1) is 15.4. The van der Waals surface area contributed by atoms with Crippen molar-refractivity contribution >= 4 is 23.1 Å². The van der Waals surface area contributed by atoms with Crippen LogP contribution < -0.4 is 11.1 Å². The highest BCUT2D eigenvalue weighted by Gasteiger charge is 2.25. The summed E-state index contributed by atoms with van der Waals surface area (Å²) >= 11 is 4.76. The van der Waals surface area contributed by atoms with E-state index < -0.39 is 18.5 Å². The lowest BCUT2D eigenvalue weighted by molar-refractivity contribution is -0.135. The van der Waals surface area contributed by atoms with Crippen molar-refractivity contribution in [1.29, 1.82) is 0 Å². The van der Waals surface area contributed by atoms with Gasteiger partial charge in [0.05, 0.1) is 0 Å². The van der Waals surface area contributed by atoms with Crippen molar-refractivity contribution in [3.05, 3.63) is 35.4 Å². The van der Waals surface area contributed by atoms with Gasteiger partial charge >= 0.3 is 6.18 Å². The molecule has 0 saturated carbocycles. The average molecular weight is 290 g/mol. The normalized spacial score (nSPS) is 11.1. The van der Waals surface area contributed by atoms with Gasteiger partial charge in [-0.3, -0.25) is 4.79 Å². The van der Waals surface area contributed by atoms with Crippen molar-refractivity contribution in [2.75, 3.05) is 6.54 Å². The fourth-order valence-corrected chi connectivity index (χ4v) is 1.51. The topological polar surface area (TPSA) is 55.1 Å². The number of carbonyl (C=O) groups excluding carboxylic acids is 1. The molecule has 0 aromatic heterocycles. The first-order valence-corrected chi connectivity index (χ1v) is 5.95. The molecule has 0 aliphatic heterocycles. The van der Waals surface area contributed by atoms with Gasteiger partial charge in [-0.2, -0.15) is 13.2 Å². The third kappa shape index (κ3) is 5.69. The predicted molar refractivity (Wildman–Crippen MR) is 70.0 cm³/mol. The molecule has 104 valence electrons. The van der Waals surface area contributed by atoms with Crippen LogP contribution in [0.15, 0.2) is 24.3 Å². The summed E-state index contributed by atoms with van der Waals surface area (Å²) < 4.78 is 35.7. The second-order valence-corrected chi connectivity index (χ2v) is 4.36. The lowest BCUT2D eigenvalue weighted by atomic mass is 10.1. The van der Waals surface area contributed by atoms with Crippen molar-refractivity contribution in [3.63, 3.8) is 0 Å². The molecule has 0 spiro atoms. The number of hydrogen-bond acceptors (Lipinski definition) is 2. The maximum atomic E-state index is 11.9. The summed E-state index contributed by atoms with van der Waals surface area (Å²) in [5.74, 6) is -0.420. The van der Waals surface area contributed by atoms with Crippen LogP contribution in [0.4, 0.5) is 13.2 Å². The summed E-state index contributed by atoms with van der Waals surface area (Å²) in [7, 11) is 0. The molecule has 1 aromatic carbocycles. The zero-order valence-electron chi connectivity index (χ0n) is 9.96. The van der Waals surface area contributed by atoms with Gasteiger partial charge in [0.15, 0.2) is 0 Å². The monoisotopic (exact) mass is 290 g/mol. The van der Waals surface area contributed by atoms with Crippen LogP contribution in [0.1, 0.15) is 28.8 Å². The van der Waals surface area contributed by atoms with E-state index in [0.29, 0.717) is 11.1 Å². The Morgan fingerprint density at radius 2 is 1.74 bits per heavy atom. The van der Waals surface area contributed by atoms with E-state index in [0.717, 1.165) is 0 Å². The molecule has 0 bridgehead atoms. The minimum absolute atomic E-state index is 0.0185. The zero-order valence-corrected chi connectivity index (χ0v) is 10.8. The third-order valence-corrected chi connectivity index (χ3v) is 2.59. The van der Waals surface area contributed by atoms with Gasteiger partial charge in [-0.15, -0.1) is 0 Å². The first-order chi connectivity index (χ1) is 8.79. The molecule has 0 radical (unpaired) electrons. The quantitative estimate of drug-likeness (QED) is 0.646. The Bertz CT molecular complexity index is 457. The van der Waals surface area contributed by atoms with Crippen LogP contribution in [0.2, 0.25) is 0 Å². The number of halogens is 3. The average Bonchev–Trinajstić information content (AvgIpc) is 2.33. The highest BCUT2D eigenvalue weighted by molar-refractivity contribution is 7.80. The number of carbonyl (C=O) groups is 1. The van der Waals surface area contributed by atoms with Crippen molar-refractivity contribution in [3.8, 4) is 0 Å². The molecule has 0 heterocycles. The van der Waals surface area contributed by atoms with E-state index in [2.05, 4.69) is 5.32 Å². The lowest BCUT2D eigenvalue weighted by Gasteiger charge is -2.08. The molecule has 3 nitrogen and oxygen atoms in total. The Hall–Kier alpha value is -1.63. The van der Waals surface area contributed by atoms with Gasteiger partial charge in [-0.1, -0.05) is 24.4 Å². The smallest absolute Gasteiger partial charge is 0.389 e. The minimum atomic E-state index is -4.19. The molecule has 1 aromatic rings. The fourth-order valence-electron chi connectivity index (χ4n) is 1.38. The largest absolute Gasteiger partial charge is 0.389 e. The van der Waals surface area contributed by atoms with E-state index in [1.165, 1.54) is 12.1 Å². The summed E-state index contributed by atoms with van der Waals surface area (Å²) in [6, 6.07) is 6.22. The molecule has 0 aliphatic carbocycles. The Morgan fingerprint density at radius 1 is 1.21 bits per heavy atom. The molecule has 0 atom stereocenters. The molecule has 19 heavy (non-hydrogen) atoms. The Kier molecular flexibility index (Phi) is 5.29. The van der Waals surface area contributed by atoms with Crippen molar-refractivity contribution in [1.82, 2.24) is 5.32 Å². The minimum Gasteiger partial charge on any atom is -0.389 e. The van der Waals surface area contributed by atoms with Crippen LogP contribution in [0.5, 0.6) is 0 Å². The van der Waals surface area contributed by atoms with Gasteiger partial charge in [-0.05, 0) is 18.6 Å². The van der Waals surface area contributed by atoms with Crippen LogP contribution >= 0.6 is 12.2 Å². The maximum absolute atomic E-state index is 11.9. The number of rotatable bonds is 5. The second kappa shape index (κ2) is 6.51. The summed E-state index contributed by atoms with van der Waals surface area (Å²) in [6.45, 7) is -0.0185. The Labute approximate surface area is 114 Å². The predicted octanol–water partition coefficient (Wildman–Crippen LogP) is 2.39. The molecule has 1 rings (SSSR count). The van der Waals surface area contributed by atoms with Crippen molar-refractivity contribution in [2.24, 2.45) is 5.73 Å². The van der Waals surface area contributed by atoms with E-state index >= 15 is 0 Å². The van der Waals surface area contributed by atoms with Crippen molar-refractivity contribution < 1.29 is 18.0 Å². The zero-order chi connectivity index (χ0) is 14.5. The summed E-state index contributed by atoms with van der Waals surface area (Å²) in [6.07, 6.45) is -5.24. The van der Waals surface area contributed by atoms with E-state index in [-0.39, 0.29) is 18.0 Å². The van der Waals surface area contributed by atoms with Gasteiger partial charge < -0.3 is 11.1 Å². The number of thiocarbonyl (C=S) groups is 1. The van der Waals surface area contributed by atoms with Crippen LogP contribution in [0.25, 0.3) is 0 Å². The molecule has 0 fully saturated rings. The third-order valence-electron chi connectivity index (χ3n) is 2.35. The highest BCUT2D eigenvalue weighted by atomic mass is 32.1. The van der Waals surface area contributed by atoms with E-state index in [1.807, 2.05) is 0 Å². The number of alkyl halides is 3. The lowest BCUT2D eigenvalue weighted by Crippen LogP contribution is -2.25. The molecular weight excluding hydrogens is 277 g/mol. The number of nitrogens with one attached hydrogen (secondary N) is 1. The summed E-state index contributed by atoms with van der Waals surface area (Å²) in [5.41, 5.74) is 6.39. The highest BCUT2D eigenvalue weighted by Crippen LogP contribution is 2.20. The van der Waals surface area contributed by atoms with E-state index in [4.69, 9.17) is 18.0 Å². The molecular formula is C12H13F3N2OS. The molecule has 0 saturated heterocycles. The van der Waals surface area contributed by atoms with Crippen LogP contribution in [-0.2, 0) is 0 Å². The van der Waals surface area contributed by atoms with Crippen LogP contribution in [-0.4, -0.2) is 23.6 Å². The number of nitrogens with two attached hydrogens (primary N) is 1. The fraction of sp³-hybridized carbons (Fsp3) is 0.333. The second-order valence-electron chi connectivity index (χ2n) is 3.92. The molecule has 0 unspecified atom stereocenters. The van der Waals surface area contributed by atoms with Gasteiger partial charge in [0.2, 0.25) is 0 Å². The van der Waals surface area contributed by atoms with Crippen molar-refractivity contribution in [2.45, 2.75) is 19.0 Å². The van der Waals surface area contributed by atoms with Gasteiger partial charge in [0, 0.05) is 24.1 Å². The molecule has 0 aliphatic rings. The number of amides is 1. The van der Waals surface area contributed by atoms with E-state index in [9.17, 15) is 18.0 Å². The van der Waals surface area contributed by atoms with Crippen LogP contribution in [0.3, 0.4) is 0 Å². The van der Waals surface area contributed by atoms with Gasteiger partial charge in [0.1, 0.15) is 4.99 Å². The molecule has 1 amide bonds. The van der Waals surface area contributed by atoms with E-state index in [1.54, 1.807) is 12.1 Å². The maximum Gasteiger partial charge on any atom is 0.389 e. The summed E-state index contributed by atoms with van der Waals surface area (Å²) in [5, 5.41) is 2.42. The first-order valence-electron chi connectivity index (χ1n) is 5.54. The molecule has 3 N–H and O–H groups in total. The van der Waals surface area contributed by atoms with Crippen LogP contribution in [0, 0.1) is 0 Å². The Morgan fingerprint density at radius 3 is 2.21 bits per heavy atom. The number of benzene rings is 1. The molecule has 7 heteroatoms. The van der Waals surface area contributed by atoms with Gasteiger partial charge in [-0.25, -0.2) is 0 Å².